The van der Waals surface area contributed by atoms with Crippen molar-refractivity contribution < 1.29 is 8.42 Å². The lowest BCUT2D eigenvalue weighted by Crippen LogP contribution is -2.64. The Hall–Kier alpha value is -0.910. The maximum absolute atomic E-state index is 12.3. The van der Waals surface area contributed by atoms with E-state index in [0.717, 1.165) is 19.5 Å². The zero-order chi connectivity index (χ0) is 16.6. The first-order valence-corrected chi connectivity index (χ1v) is 10.2. The molecular weight excluding hydrogens is 308 g/mol. The van der Waals surface area contributed by atoms with Gasteiger partial charge in [0.15, 0.2) is 0 Å². The largest absolute Gasteiger partial charge is 0.299 e. The number of likely N-dealkylation sites (tertiary alicyclic amines) is 1. The van der Waals surface area contributed by atoms with Crippen LogP contribution < -0.4 is 0 Å². The van der Waals surface area contributed by atoms with Crippen LogP contribution in [0.15, 0.2) is 30.3 Å². The van der Waals surface area contributed by atoms with Crippen LogP contribution in [-0.2, 0) is 10.0 Å². The first kappa shape index (κ1) is 16.9. The molecule has 1 aromatic carbocycles. The molecule has 3 atom stereocenters. The van der Waals surface area contributed by atoms with Gasteiger partial charge in [0, 0.05) is 38.1 Å². The Kier molecular flexibility index (Phi) is 4.81. The van der Waals surface area contributed by atoms with Gasteiger partial charge < -0.3 is 0 Å². The molecule has 0 aromatic heterocycles. The molecule has 3 rings (SSSR count). The molecule has 2 aliphatic rings. The fourth-order valence-corrected chi connectivity index (χ4v) is 5.28. The second-order valence-corrected chi connectivity index (χ2v) is 9.82. The standard InChI is InChI=1S/C18H28N2O2S/c1-14(2)23(21,22)20-10-9-18-17(13-20)12-19(18)11-15(3)16-7-5-4-6-8-16/h4-8,14-15,17-18H,9-13H2,1-3H3/t15-,17+,18-/m1/s1. The average Bonchev–Trinajstić information content (AvgIpc) is 2.52. The molecule has 2 aliphatic heterocycles. The highest BCUT2D eigenvalue weighted by atomic mass is 32.2. The van der Waals surface area contributed by atoms with Crippen LogP contribution in [0.25, 0.3) is 0 Å². The van der Waals surface area contributed by atoms with Crippen LogP contribution in [0.3, 0.4) is 0 Å². The molecule has 2 heterocycles. The second kappa shape index (κ2) is 6.54. The number of rotatable bonds is 5. The molecule has 0 N–H and O–H groups in total. The number of fused-ring (bicyclic) bond motifs is 1. The first-order chi connectivity index (χ1) is 10.9. The van der Waals surface area contributed by atoms with Crippen molar-refractivity contribution in [2.45, 2.75) is 44.4 Å². The van der Waals surface area contributed by atoms with Crippen LogP contribution in [0.4, 0.5) is 0 Å². The van der Waals surface area contributed by atoms with E-state index < -0.39 is 10.0 Å². The lowest BCUT2D eigenvalue weighted by molar-refractivity contribution is -0.0273. The van der Waals surface area contributed by atoms with Crippen molar-refractivity contribution in [1.82, 2.24) is 9.21 Å². The molecule has 0 saturated carbocycles. The summed E-state index contributed by atoms with van der Waals surface area (Å²) in [5.41, 5.74) is 1.38. The van der Waals surface area contributed by atoms with Crippen LogP contribution in [0.5, 0.6) is 0 Å². The van der Waals surface area contributed by atoms with Crippen LogP contribution >= 0.6 is 0 Å². The van der Waals surface area contributed by atoms with E-state index in [2.05, 4.69) is 42.2 Å². The Balaban J connectivity index is 1.56. The SMILES string of the molecule is CC(C)S(=O)(=O)N1CC[C@@H]2[C@@H](CN2C[C@@H](C)c2ccccc2)C1. The van der Waals surface area contributed by atoms with Crippen LogP contribution in [0.1, 0.15) is 38.7 Å². The summed E-state index contributed by atoms with van der Waals surface area (Å²) in [4.78, 5) is 2.54. The van der Waals surface area contributed by atoms with Gasteiger partial charge in [0.1, 0.15) is 0 Å². The van der Waals surface area contributed by atoms with Gasteiger partial charge >= 0.3 is 0 Å². The Morgan fingerprint density at radius 2 is 1.83 bits per heavy atom. The van der Waals surface area contributed by atoms with E-state index in [0.29, 0.717) is 31.0 Å². The zero-order valence-corrected chi connectivity index (χ0v) is 15.2. The third-order valence-corrected chi connectivity index (χ3v) is 7.67. The van der Waals surface area contributed by atoms with E-state index in [1.807, 2.05) is 0 Å². The quantitative estimate of drug-likeness (QED) is 0.830. The maximum atomic E-state index is 12.3. The van der Waals surface area contributed by atoms with E-state index in [1.54, 1.807) is 18.2 Å². The minimum Gasteiger partial charge on any atom is -0.299 e. The zero-order valence-electron chi connectivity index (χ0n) is 14.4. The summed E-state index contributed by atoms with van der Waals surface area (Å²) in [6.45, 7) is 9.32. The van der Waals surface area contributed by atoms with E-state index in [-0.39, 0.29) is 5.25 Å². The molecule has 0 radical (unpaired) electrons. The first-order valence-electron chi connectivity index (χ1n) is 8.67. The van der Waals surface area contributed by atoms with Gasteiger partial charge in [0.05, 0.1) is 5.25 Å². The summed E-state index contributed by atoms with van der Waals surface area (Å²) in [6.07, 6.45) is 0.970. The van der Waals surface area contributed by atoms with Gasteiger partial charge in [-0.3, -0.25) is 4.90 Å². The highest BCUT2D eigenvalue weighted by molar-refractivity contribution is 7.89. The van der Waals surface area contributed by atoms with Crippen LogP contribution in [-0.4, -0.2) is 55.1 Å². The number of sulfonamides is 1. The summed E-state index contributed by atoms with van der Waals surface area (Å²) in [5, 5.41) is -0.312. The fourth-order valence-electron chi connectivity index (χ4n) is 3.92. The van der Waals surface area contributed by atoms with Gasteiger partial charge in [-0.15, -0.1) is 0 Å². The summed E-state index contributed by atoms with van der Waals surface area (Å²) in [6, 6.07) is 11.2. The normalized spacial score (nSPS) is 27.5. The van der Waals surface area contributed by atoms with Gasteiger partial charge in [-0.1, -0.05) is 37.3 Å². The second-order valence-electron chi connectivity index (χ2n) is 7.33. The van der Waals surface area contributed by atoms with Gasteiger partial charge in [0.25, 0.3) is 0 Å². The van der Waals surface area contributed by atoms with Gasteiger partial charge in [0.2, 0.25) is 10.0 Å². The van der Waals surface area contributed by atoms with Crippen molar-refractivity contribution in [3.05, 3.63) is 35.9 Å². The van der Waals surface area contributed by atoms with E-state index in [1.165, 1.54) is 5.56 Å². The summed E-state index contributed by atoms with van der Waals surface area (Å²) in [5.74, 6) is 1.04. The van der Waals surface area contributed by atoms with Crippen LogP contribution in [0, 0.1) is 5.92 Å². The Morgan fingerprint density at radius 1 is 1.13 bits per heavy atom. The molecule has 0 bridgehead atoms. The van der Waals surface area contributed by atoms with E-state index in [9.17, 15) is 8.42 Å². The number of piperidine rings is 1. The van der Waals surface area contributed by atoms with Gasteiger partial charge in [-0.25, -0.2) is 12.7 Å². The number of benzene rings is 1. The third-order valence-electron chi connectivity index (χ3n) is 5.43. The summed E-state index contributed by atoms with van der Waals surface area (Å²) >= 11 is 0. The molecule has 128 valence electrons. The summed E-state index contributed by atoms with van der Waals surface area (Å²) < 4.78 is 26.4. The molecule has 4 nitrogen and oxygen atoms in total. The average molecular weight is 337 g/mol. The Labute approximate surface area is 140 Å². The monoisotopic (exact) mass is 336 g/mol. The van der Waals surface area contributed by atoms with Crippen molar-refractivity contribution in [3.8, 4) is 0 Å². The van der Waals surface area contributed by atoms with Gasteiger partial charge in [-0.05, 0) is 31.7 Å². The van der Waals surface area contributed by atoms with E-state index >= 15 is 0 Å². The predicted octanol–water partition coefficient (Wildman–Crippen LogP) is 2.53. The lowest BCUT2D eigenvalue weighted by atomic mass is 9.82. The minimum absolute atomic E-state index is 0.312. The molecule has 0 unspecified atom stereocenters. The number of hydrogen-bond donors (Lipinski definition) is 0. The van der Waals surface area contributed by atoms with Crippen molar-refractivity contribution in [3.63, 3.8) is 0 Å². The molecule has 0 aliphatic carbocycles. The predicted molar refractivity (Wildman–Crippen MR) is 94.0 cm³/mol. The maximum Gasteiger partial charge on any atom is 0.216 e. The topological polar surface area (TPSA) is 40.6 Å². The highest BCUT2D eigenvalue weighted by Gasteiger charge is 2.45. The smallest absolute Gasteiger partial charge is 0.216 e. The fraction of sp³-hybridized carbons (Fsp3) is 0.667. The molecular formula is C18H28N2O2S. The Bertz CT molecular complexity index is 630. The lowest BCUT2D eigenvalue weighted by Gasteiger charge is -2.54. The van der Waals surface area contributed by atoms with Crippen molar-refractivity contribution in [1.29, 1.82) is 0 Å². The number of hydrogen-bond acceptors (Lipinski definition) is 3. The number of nitrogens with zero attached hydrogens (tertiary/aromatic N) is 2. The molecule has 2 fully saturated rings. The van der Waals surface area contributed by atoms with Crippen molar-refractivity contribution >= 4 is 10.0 Å². The molecule has 2 saturated heterocycles. The summed E-state index contributed by atoms with van der Waals surface area (Å²) in [7, 11) is -3.09. The third kappa shape index (κ3) is 3.32. The van der Waals surface area contributed by atoms with Crippen molar-refractivity contribution in [2.24, 2.45) is 5.92 Å². The van der Waals surface area contributed by atoms with Crippen molar-refractivity contribution in [2.75, 3.05) is 26.2 Å². The molecule has 23 heavy (non-hydrogen) atoms. The molecule has 0 spiro atoms. The molecule has 1 aromatic rings. The van der Waals surface area contributed by atoms with Gasteiger partial charge in [-0.2, -0.15) is 0 Å². The van der Waals surface area contributed by atoms with E-state index in [4.69, 9.17) is 0 Å². The van der Waals surface area contributed by atoms with Crippen LogP contribution in [0.2, 0.25) is 0 Å². The highest BCUT2D eigenvalue weighted by Crippen LogP contribution is 2.35. The minimum atomic E-state index is -3.09. The molecule has 5 heteroatoms. The molecule has 0 amide bonds. The Morgan fingerprint density at radius 3 is 2.43 bits per heavy atom.